The summed E-state index contributed by atoms with van der Waals surface area (Å²) < 4.78 is 10.5. The van der Waals surface area contributed by atoms with Crippen molar-refractivity contribution < 1.29 is 18.7 Å². The summed E-state index contributed by atoms with van der Waals surface area (Å²) in [6, 6.07) is 11.4. The van der Waals surface area contributed by atoms with Gasteiger partial charge in [-0.25, -0.2) is 0 Å². The zero-order valence-corrected chi connectivity index (χ0v) is 14.2. The van der Waals surface area contributed by atoms with Crippen molar-refractivity contribution in [1.29, 1.82) is 0 Å². The fourth-order valence-corrected chi connectivity index (χ4v) is 2.99. The monoisotopic (exact) mass is 342 g/mol. The van der Waals surface area contributed by atoms with Crippen molar-refractivity contribution in [1.82, 2.24) is 10.2 Å². The summed E-state index contributed by atoms with van der Waals surface area (Å²) in [5.41, 5.74) is 1.10. The molecule has 1 N–H and O–H groups in total. The Bertz CT molecular complexity index is 727. The van der Waals surface area contributed by atoms with Crippen LogP contribution in [-0.2, 0) is 22.6 Å². The van der Waals surface area contributed by atoms with Crippen molar-refractivity contribution >= 4 is 11.8 Å². The van der Waals surface area contributed by atoms with E-state index in [1.165, 1.54) is 0 Å². The molecule has 2 heterocycles. The minimum absolute atomic E-state index is 0.00987. The molecule has 1 atom stereocenters. The number of nitrogens with one attached hydrogen (secondary N) is 1. The largest absolute Gasteiger partial charge is 0.497 e. The number of carbonyl (C=O) groups is 2. The Morgan fingerprint density at radius 1 is 1.36 bits per heavy atom. The third-order valence-corrected chi connectivity index (χ3v) is 4.36. The summed E-state index contributed by atoms with van der Waals surface area (Å²) >= 11 is 0. The molecule has 0 radical (unpaired) electrons. The molecule has 1 aromatic carbocycles. The van der Waals surface area contributed by atoms with E-state index in [0.29, 0.717) is 19.6 Å². The summed E-state index contributed by atoms with van der Waals surface area (Å²) in [5.74, 6) is 1.15. The molecule has 6 nitrogen and oxygen atoms in total. The molecule has 3 rings (SSSR count). The lowest BCUT2D eigenvalue weighted by Gasteiger charge is -2.15. The van der Waals surface area contributed by atoms with Gasteiger partial charge in [0, 0.05) is 19.5 Å². The number of carbonyl (C=O) groups excluding carboxylic acids is 2. The van der Waals surface area contributed by atoms with E-state index in [2.05, 4.69) is 5.32 Å². The standard InChI is InChI=1S/C19H22N2O4/c1-24-16-5-2-4-14(10-16)7-8-20-19(23)15-11-18(22)21(12-15)13-17-6-3-9-25-17/h2-6,9-10,15H,7-8,11-13H2,1H3,(H,20,23). The van der Waals surface area contributed by atoms with Crippen molar-refractivity contribution in [3.05, 3.63) is 54.0 Å². The predicted octanol–water partition coefficient (Wildman–Crippen LogP) is 2.00. The highest BCUT2D eigenvalue weighted by Gasteiger charge is 2.34. The minimum Gasteiger partial charge on any atom is -0.497 e. The number of amides is 2. The van der Waals surface area contributed by atoms with E-state index in [-0.39, 0.29) is 24.2 Å². The average molecular weight is 342 g/mol. The Balaban J connectivity index is 1.46. The van der Waals surface area contributed by atoms with Gasteiger partial charge >= 0.3 is 0 Å². The van der Waals surface area contributed by atoms with E-state index in [9.17, 15) is 9.59 Å². The quantitative estimate of drug-likeness (QED) is 0.835. The van der Waals surface area contributed by atoms with Crippen LogP contribution in [0.1, 0.15) is 17.7 Å². The molecule has 1 saturated heterocycles. The first kappa shape index (κ1) is 17.1. The number of hydrogen-bond donors (Lipinski definition) is 1. The number of hydrogen-bond acceptors (Lipinski definition) is 4. The summed E-state index contributed by atoms with van der Waals surface area (Å²) in [7, 11) is 1.63. The van der Waals surface area contributed by atoms with Crippen LogP contribution in [0.5, 0.6) is 5.75 Å². The molecule has 0 bridgehead atoms. The second kappa shape index (κ2) is 7.88. The molecular weight excluding hydrogens is 320 g/mol. The summed E-state index contributed by atoms with van der Waals surface area (Å²) in [6.45, 7) is 1.39. The number of benzene rings is 1. The van der Waals surface area contributed by atoms with Gasteiger partial charge in [-0.3, -0.25) is 9.59 Å². The summed E-state index contributed by atoms with van der Waals surface area (Å²) in [5, 5.41) is 2.93. The minimum atomic E-state index is -0.298. The van der Waals surface area contributed by atoms with E-state index in [0.717, 1.165) is 23.5 Å². The van der Waals surface area contributed by atoms with E-state index in [1.807, 2.05) is 30.3 Å². The van der Waals surface area contributed by atoms with Crippen molar-refractivity contribution in [2.24, 2.45) is 5.92 Å². The normalized spacial score (nSPS) is 16.9. The molecule has 25 heavy (non-hydrogen) atoms. The molecule has 0 spiro atoms. The van der Waals surface area contributed by atoms with Gasteiger partial charge in [0.25, 0.3) is 0 Å². The SMILES string of the molecule is COc1cccc(CCNC(=O)C2CC(=O)N(Cc3ccco3)C2)c1. The molecule has 132 valence electrons. The van der Waals surface area contributed by atoms with Crippen LogP contribution in [0.2, 0.25) is 0 Å². The Morgan fingerprint density at radius 3 is 3.00 bits per heavy atom. The van der Waals surface area contributed by atoms with Gasteiger partial charge in [-0.1, -0.05) is 12.1 Å². The first-order chi connectivity index (χ1) is 12.2. The Hall–Kier alpha value is -2.76. The molecule has 1 unspecified atom stereocenters. The lowest BCUT2D eigenvalue weighted by Crippen LogP contribution is -2.34. The Labute approximate surface area is 146 Å². The van der Waals surface area contributed by atoms with Gasteiger partial charge in [0.1, 0.15) is 11.5 Å². The van der Waals surface area contributed by atoms with Gasteiger partial charge in [-0.2, -0.15) is 0 Å². The highest BCUT2D eigenvalue weighted by Crippen LogP contribution is 2.20. The number of likely N-dealkylation sites (tertiary alicyclic amines) is 1. The van der Waals surface area contributed by atoms with Gasteiger partial charge < -0.3 is 19.4 Å². The molecule has 1 aliphatic heterocycles. The van der Waals surface area contributed by atoms with E-state index in [4.69, 9.17) is 9.15 Å². The Morgan fingerprint density at radius 2 is 2.24 bits per heavy atom. The molecule has 2 aromatic rings. The zero-order valence-electron chi connectivity index (χ0n) is 14.2. The van der Waals surface area contributed by atoms with Crippen LogP contribution >= 0.6 is 0 Å². The average Bonchev–Trinajstić information content (AvgIpc) is 3.26. The van der Waals surface area contributed by atoms with Gasteiger partial charge in [0.05, 0.1) is 25.8 Å². The number of ether oxygens (including phenoxy) is 1. The highest BCUT2D eigenvalue weighted by atomic mass is 16.5. The van der Waals surface area contributed by atoms with Crippen LogP contribution in [0.3, 0.4) is 0 Å². The van der Waals surface area contributed by atoms with Crippen molar-refractivity contribution in [2.45, 2.75) is 19.4 Å². The van der Waals surface area contributed by atoms with Crippen LogP contribution in [0, 0.1) is 5.92 Å². The van der Waals surface area contributed by atoms with Crippen LogP contribution in [-0.4, -0.2) is 36.9 Å². The molecule has 1 aliphatic rings. The summed E-state index contributed by atoms with van der Waals surface area (Å²) in [6.07, 6.45) is 2.56. The highest BCUT2D eigenvalue weighted by molar-refractivity contribution is 5.89. The number of rotatable bonds is 7. The first-order valence-corrected chi connectivity index (χ1v) is 8.36. The number of furan rings is 1. The van der Waals surface area contributed by atoms with Gasteiger partial charge in [-0.15, -0.1) is 0 Å². The lowest BCUT2D eigenvalue weighted by atomic mass is 10.1. The van der Waals surface area contributed by atoms with Gasteiger partial charge in [0.2, 0.25) is 11.8 Å². The fraction of sp³-hybridized carbons (Fsp3) is 0.368. The lowest BCUT2D eigenvalue weighted by molar-refractivity contribution is -0.129. The van der Waals surface area contributed by atoms with Crippen LogP contribution < -0.4 is 10.1 Å². The molecule has 6 heteroatoms. The van der Waals surface area contributed by atoms with Crippen LogP contribution in [0.25, 0.3) is 0 Å². The second-order valence-electron chi connectivity index (χ2n) is 6.15. The molecule has 0 saturated carbocycles. The molecule has 2 amide bonds. The van der Waals surface area contributed by atoms with Crippen molar-refractivity contribution in [2.75, 3.05) is 20.2 Å². The molecule has 0 aliphatic carbocycles. The van der Waals surface area contributed by atoms with Crippen molar-refractivity contribution in [3.8, 4) is 5.75 Å². The van der Waals surface area contributed by atoms with E-state index < -0.39 is 0 Å². The number of nitrogens with zero attached hydrogens (tertiary/aromatic N) is 1. The van der Waals surface area contributed by atoms with Crippen LogP contribution in [0.15, 0.2) is 47.1 Å². The second-order valence-corrected chi connectivity index (χ2v) is 6.15. The molecule has 1 fully saturated rings. The fourth-order valence-electron chi connectivity index (χ4n) is 2.99. The van der Waals surface area contributed by atoms with E-state index in [1.54, 1.807) is 24.3 Å². The first-order valence-electron chi connectivity index (χ1n) is 8.36. The Kier molecular flexibility index (Phi) is 5.38. The summed E-state index contributed by atoms with van der Waals surface area (Å²) in [4.78, 5) is 26.1. The van der Waals surface area contributed by atoms with Gasteiger partial charge in [0.15, 0.2) is 0 Å². The molecule has 1 aromatic heterocycles. The van der Waals surface area contributed by atoms with E-state index >= 15 is 0 Å². The topological polar surface area (TPSA) is 71.8 Å². The van der Waals surface area contributed by atoms with Crippen molar-refractivity contribution in [3.63, 3.8) is 0 Å². The maximum absolute atomic E-state index is 12.3. The maximum Gasteiger partial charge on any atom is 0.225 e. The van der Waals surface area contributed by atoms with Gasteiger partial charge in [-0.05, 0) is 36.2 Å². The number of methoxy groups -OCH3 is 1. The zero-order chi connectivity index (χ0) is 17.6. The van der Waals surface area contributed by atoms with Crippen LogP contribution in [0.4, 0.5) is 0 Å². The third kappa shape index (κ3) is 4.41. The smallest absolute Gasteiger partial charge is 0.225 e. The predicted molar refractivity (Wildman–Crippen MR) is 91.9 cm³/mol. The maximum atomic E-state index is 12.3. The third-order valence-electron chi connectivity index (χ3n) is 4.36. The molecular formula is C19H22N2O4.